The summed E-state index contributed by atoms with van der Waals surface area (Å²) >= 11 is 3.31. The molecule has 1 fully saturated rings. The number of nitrogens with one attached hydrogen (secondary N) is 1. The number of rotatable bonds is 7. The molecule has 1 aliphatic heterocycles. The number of aryl methyl sites for hydroxylation is 1. The van der Waals surface area contributed by atoms with Gasteiger partial charge in [0.05, 0.1) is 18.1 Å². The van der Waals surface area contributed by atoms with E-state index in [1.807, 2.05) is 24.3 Å². The lowest BCUT2D eigenvalue weighted by atomic mass is 10.1. The van der Waals surface area contributed by atoms with Crippen LogP contribution in [0.1, 0.15) is 35.7 Å². The van der Waals surface area contributed by atoms with Crippen molar-refractivity contribution < 1.29 is 17.9 Å². The molecule has 0 saturated carbocycles. The molecule has 0 aromatic heterocycles. The Morgan fingerprint density at radius 3 is 2.48 bits per heavy atom. The minimum atomic E-state index is -3.71. The Kier molecular flexibility index (Phi) is 7.45. The summed E-state index contributed by atoms with van der Waals surface area (Å²) in [4.78, 5) is 12.8. The summed E-state index contributed by atoms with van der Waals surface area (Å²) in [6.07, 6.45) is 3.28. The fourth-order valence-corrected chi connectivity index (χ4v) is 5.47. The van der Waals surface area contributed by atoms with Crippen LogP contribution in [-0.4, -0.2) is 44.9 Å². The number of sulfonamides is 1. The average molecular weight is 481 g/mol. The van der Waals surface area contributed by atoms with Gasteiger partial charge in [-0.1, -0.05) is 25.5 Å². The number of amides is 1. The average Bonchev–Trinajstić information content (AvgIpc) is 2.74. The molecule has 0 atom stereocenters. The van der Waals surface area contributed by atoms with Gasteiger partial charge in [0.15, 0.2) is 0 Å². The number of hydrogen-bond donors (Lipinski definition) is 1. The van der Waals surface area contributed by atoms with Crippen molar-refractivity contribution in [2.24, 2.45) is 0 Å². The summed E-state index contributed by atoms with van der Waals surface area (Å²) in [6.45, 7) is 3.49. The van der Waals surface area contributed by atoms with Crippen molar-refractivity contribution in [2.45, 2.75) is 31.1 Å². The molecule has 1 amide bonds. The van der Waals surface area contributed by atoms with Crippen molar-refractivity contribution in [3.05, 3.63) is 58.1 Å². The number of morpholine rings is 1. The molecular formula is C21H25BrN2O4S. The molecule has 0 radical (unpaired) electrons. The van der Waals surface area contributed by atoms with Gasteiger partial charge in [-0.25, -0.2) is 8.42 Å². The topological polar surface area (TPSA) is 75.7 Å². The largest absolute Gasteiger partial charge is 0.379 e. The molecule has 8 heteroatoms. The second-order valence-corrected chi connectivity index (χ2v) is 9.68. The van der Waals surface area contributed by atoms with Gasteiger partial charge in [-0.2, -0.15) is 4.31 Å². The normalized spacial score (nSPS) is 15.2. The van der Waals surface area contributed by atoms with Crippen molar-refractivity contribution in [3.8, 4) is 0 Å². The quantitative estimate of drug-likeness (QED) is 0.647. The highest BCUT2D eigenvalue weighted by atomic mass is 79.9. The third kappa shape index (κ3) is 5.45. The Labute approximate surface area is 180 Å². The van der Waals surface area contributed by atoms with Crippen LogP contribution < -0.4 is 5.32 Å². The van der Waals surface area contributed by atoms with E-state index in [0.717, 1.165) is 19.3 Å². The highest BCUT2D eigenvalue weighted by Crippen LogP contribution is 2.27. The molecule has 0 bridgehead atoms. The van der Waals surface area contributed by atoms with Gasteiger partial charge in [-0.3, -0.25) is 4.79 Å². The van der Waals surface area contributed by atoms with Gasteiger partial charge in [0, 0.05) is 28.8 Å². The molecule has 0 unspecified atom stereocenters. The number of carbonyl (C=O) groups is 1. The van der Waals surface area contributed by atoms with Crippen molar-refractivity contribution in [1.82, 2.24) is 4.31 Å². The van der Waals surface area contributed by atoms with E-state index in [0.29, 0.717) is 36.5 Å². The van der Waals surface area contributed by atoms with Crippen molar-refractivity contribution in [3.63, 3.8) is 0 Å². The summed E-state index contributed by atoms with van der Waals surface area (Å²) < 4.78 is 33.0. The van der Waals surface area contributed by atoms with Crippen molar-refractivity contribution in [2.75, 3.05) is 31.6 Å². The van der Waals surface area contributed by atoms with Gasteiger partial charge in [-0.15, -0.1) is 0 Å². The van der Waals surface area contributed by atoms with Crippen molar-refractivity contribution >= 4 is 37.5 Å². The molecule has 2 aromatic rings. The Hall–Kier alpha value is -1.74. The summed E-state index contributed by atoms with van der Waals surface area (Å²) in [5.74, 6) is -0.350. The van der Waals surface area contributed by atoms with E-state index in [-0.39, 0.29) is 16.4 Å². The number of anilines is 1. The zero-order valence-electron chi connectivity index (χ0n) is 16.4. The van der Waals surface area contributed by atoms with Crippen LogP contribution in [0.3, 0.4) is 0 Å². The molecule has 1 saturated heterocycles. The Balaban J connectivity index is 1.77. The molecule has 156 valence electrons. The molecule has 0 spiro atoms. The number of carbonyl (C=O) groups excluding carboxylic acids is 1. The van der Waals surface area contributed by atoms with Crippen LogP contribution >= 0.6 is 15.9 Å². The van der Waals surface area contributed by atoms with Crippen LogP contribution in [0.4, 0.5) is 5.69 Å². The second kappa shape index (κ2) is 9.84. The number of nitrogens with zero attached hydrogens (tertiary/aromatic N) is 1. The maximum atomic E-state index is 13.0. The fourth-order valence-electron chi connectivity index (χ4n) is 3.11. The Morgan fingerprint density at radius 2 is 1.83 bits per heavy atom. The zero-order valence-corrected chi connectivity index (χ0v) is 18.8. The van der Waals surface area contributed by atoms with E-state index >= 15 is 0 Å². The summed E-state index contributed by atoms with van der Waals surface area (Å²) in [5, 5.41) is 2.84. The molecule has 3 rings (SSSR count). The molecule has 1 N–H and O–H groups in total. The molecule has 29 heavy (non-hydrogen) atoms. The smallest absolute Gasteiger partial charge is 0.255 e. The van der Waals surface area contributed by atoms with Crippen LogP contribution in [0.25, 0.3) is 0 Å². The van der Waals surface area contributed by atoms with E-state index in [1.165, 1.54) is 15.9 Å². The van der Waals surface area contributed by atoms with Gasteiger partial charge in [-0.05, 0) is 64.7 Å². The molecule has 1 heterocycles. The minimum Gasteiger partial charge on any atom is -0.379 e. The van der Waals surface area contributed by atoms with Crippen LogP contribution in [0.2, 0.25) is 0 Å². The monoisotopic (exact) mass is 480 g/mol. The lowest BCUT2D eigenvalue weighted by Gasteiger charge is -2.26. The first-order chi connectivity index (χ1) is 13.9. The SMILES string of the molecule is CCCCc1ccc(NC(=O)c2ccc(Br)c(S(=O)(=O)N3CCOCC3)c2)cc1. The van der Waals surface area contributed by atoms with Gasteiger partial charge >= 0.3 is 0 Å². The van der Waals surface area contributed by atoms with Gasteiger partial charge in [0.1, 0.15) is 0 Å². The van der Waals surface area contributed by atoms with E-state index in [9.17, 15) is 13.2 Å². The predicted octanol–water partition coefficient (Wildman–Crippen LogP) is 4.06. The van der Waals surface area contributed by atoms with Gasteiger partial charge in [0.25, 0.3) is 5.91 Å². The summed E-state index contributed by atoms with van der Waals surface area (Å²) in [5.41, 5.74) is 2.19. The van der Waals surface area contributed by atoms with Crippen LogP contribution in [0, 0.1) is 0 Å². The Morgan fingerprint density at radius 1 is 1.14 bits per heavy atom. The van der Waals surface area contributed by atoms with Crippen LogP contribution in [0.5, 0.6) is 0 Å². The van der Waals surface area contributed by atoms with E-state index in [1.54, 1.807) is 12.1 Å². The van der Waals surface area contributed by atoms with Crippen LogP contribution in [-0.2, 0) is 21.2 Å². The molecule has 1 aliphatic rings. The number of hydrogen-bond acceptors (Lipinski definition) is 4. The van der Waals surface area contributed by atoms with Gasteiger partial charge in [0.2, 0.25) is 10.0 Å². The highest BCUT2D eigenvalue weighted by Gasteiger charge is 2.29. The standard InChI is InChI=1S/C21H25BrN2O4S/c1-2-3-4-16-5-8-18(9-6-16)23-21(25)17-7-10-19(22)20(15-17)29(26,27)24-11-13-28-14-12-24/h5-10,15H,2-4,11-14H2,1H3,(H,23,25). The van der Waals surface area contributed by atoms with Crippen LogP contribution in [0.15, 0.2) is 51.8 Å². The number of halogens is 1. The maximum absolute atomic E-state index is 13.0. The number of unbranched alkanes of at least 4 members (excludes halogenated alkanes) is 1. The lowest BCUT2D eigenvalue weighted by Crippen LogP contribution is -2.40. The third-order valence-corrected chi connectivity index (χ3v) is 7.70. The fraction of sp³-hybridized carbons (Fsp3) is 0.381. The first-order valence-electron chi connectivity index (χ1n) is 9.69. The zero-order chi connectivity index (χ0) is 20.9. The van der Waals surface area contributed by atoms with Crippen molar-refractivity contribution in [1.29, 1.82) is 0 Å². The molecule has 2 aromatic carbocycles. The van der Waals surface area contributed by atoms with E-state index in [4.69, 9.17) is 4.74 Å². The first kappa shape index (κ1) is 22.0. The van der Waals surface area contributed by atoms with Gasteiger partial charge < -0.3 is 10.1 Å². The number of benzene rings is 2. The lowest BCUT2D eigenvalue weighted by molar-refractivity contribution is 0.0730. The third-order valence-electron chi connectivity index (χ3n) is 4.81. The summed E-state index contributed by atoms with van der Waals surface area (Å²) in [7, 11) is -3.71. The Bertz CT molecular complexity index is 955. The first-order valence-corrected chi connectivity index (χ1v) is 11.9. The number of ether oxygens (including phenoxy) is 1. The molecule has 0 aliphatic carbocycles. The maximum Gasteiger partial charge on any atom is 0.255 e. The second-order valence-electron chi connectivity index (χ2n) is 6.92. The van der Waals surface area contributed by atoms with E-state index < -0.39 is 10.0 Å². The molecular weight excluding hydrogens is 456 g/mol. The summed E-state index contributed by atoms with van der Waals surface area (Å²) in [6, 6.07) is 12.4. The molecule has 6 nitrogen and oxygen atoms in total. The van der Waals surface area contributed by atoms with E-state index in [2.05, 4.69) is 28.2 Å². The highest BCUT2D eigenvalue weighted by molar-refractivity contribution is 9.10. The predicted molar refractivity (Wildman–Crippen MR) is 117 cm³/mol. The minimum absolute atomic E-state index is 0.0852.